The Bertz CT molecular complexity index is 570. The summed E-state index contributed by atoms with van der Waals surface area (Å²) < 4.78 is 14.3. The Balaban J connectivity index is 2.53. The van der Waals surface area contributed by atoms with Crippen LogP contribution < -0.4 is 5.73 Å². The Kier molecular flexibility index (Phi) is 4.23. The molecular weight excluding hydrogens is 272 g/mol. The molecule has 0 atom stereocenters. The highest BCUT2D eigenvalue weighted by atomic mass is 35.5. The minimum Gasteiger partial charge on any atom is -0.330 e. The zero-order chi connectivity index (χ0) is 13.1. The molecule has 0 aromatic heterocycles. The van der Waals surface area contributed by atoms with Crippen LogP contribution in [0.2, 0.25) is 10.0 Å². The van der Waals surface area contributed by atoms with Gasteiger partial charge in [0.05, 0.1) is 0 Å². The van der Waals surface area contributed by atoms with Crippen molar-refractivity contribution >= 4 is 23.2 Å². The van der Waals surface area contributed by atoms with Gasteiger partial charge < -0.3 is 5.73 Å². The largest absolute Gasteiger partial charge is 0.330 e. The molecule has 0 amide bonds. The Morgan fingerprint density at radius 2 is 1.83 bits per heavy atom. The molecule has 0 unspecified atom stereocenters. The molecule has 0 heterocycles. The number of rotatable bonds is 3. The number of hydrogen-bond donors (Lipinski definition) is 1. The van der Waals surface area contributed by atoms with Crippen LogP contribution in [0.4, 0.5) is 4.39 Å². The molecule has 0 radical (unpaired) electrons. The third-order valence-corrected chi connectivity index (χ3v) is 3.26. The minimum atomic E-state index is -0.271. The Morgan fingerprint density at radius 1 is 1.06 bits per heavy atom. The van der Waals surface area contributed by atoms with Gasteiger partial charge in [-0.3, -0.25) is 0 Å². The summed E-state index contributed by atoms with van der Waals surface area (Å²) in [5, 5.41) is 0.966. The summed E-state index contributed by atoms with van der Waals surface area (Å²) >= 11 is 11.9. The van der Waals surface area contributed by atoms with Crippen molar-refractivity contribution in [3.05, 3.63) is 57.8 Å². The lowest BCUT2D eigenvalue weighted by atomic mass is 10.0. The molecule has 0 saturated carbocycles. The molecule has 0 fully saturated rings. The van der Waals surface area contributed by atoms with E-state index in [0.717, 1.165) is 0 Å². The first-order valence-corrected chi connectivity index (χ1v) is 6.32. The van der Waals surface area contributed by atoms with Gasteiger partial charge in [0.1, 0.15) is 5.82 Å². The third kappa shape index (κ3) is 2.66. The fourth-order valence-electron chi connectivity index (χ4n) is 1.84. The Morgan fingerprint density at radius 3 is 2.50 bits per heavy atom. The molecule has 2 rings (SSSR count). The van der Waals surface area contributed by atoms with Crippen molar-refractivity contribution < 1.29 is 4.39 Å². The standard InChI is InChI=1S/C14H12Cl2FN/c15-10-4-5-11(13(16)8-10)12-3-1-2-9(6-7-18)14(12)17/h1-5,8H,6-7,18H2. The van der Waals surface area contributed by atoms with Gasteiger partial charge in [-0.25, -0.2) is 4.39 Å². The number of halogens is 3. The highest BCUT2D eigenvalue weighted by Crippen LogP contribution is 2.32. The summed E-state index contributed by atoms with van der Waals surface area (Å²) in [4.78, 5) is 0. The Hall–Kier alpha value is -1.09. The van der Waals surface area contributed by atoms with Gasteiger partial charge in [0.2, 0.25) is 0 Å². The number of hydrogen-bond acceptors (Lipinski definition) is 1. The monoisotopic (exact) mass is 283 g/mol. The maximum Gasteiger partial charge on any atom is 0.134 e. The van der Waals surface area contributed by atoms with Gasteiger partial charge in [0.25, 0.3) is 0 Å². The molecule has 0 bridgehead atoms. The van der Waals surface area contributed by atoms with Crippen molar-refractivity contribution in [2.24, 2.45) is 5.73 Å². The fourth-order valence-corrected chi connectivity index (χ4v) is 2.35. The second kappa shape index (κ2) is 5.70. The summed E-state index contributed by atoms with van der Waals surface area (Å²) in [6, 6.07) is 10.2. The molecule has 0 aliphatic heterocycles. The second-order valence-electron chi connectivity index (χ2n) is 3.94. The molecule has 94 valence electrons. The first kappa shape index (κ1) is 13.3. The van der Waals surface area contributed by atoms with Crippen LogP contribution in [-0.4, -0.2) is 6.54 Å². The zero-order valence-electron chi connectivity index (χ0n) is 9.59. The van der Waals surface area contributed by atoms with Crippen LogP contribution in [0.25, 0.3) is 11.1 Å². The molecule has 2 aromatic carbocycles. The second-order valence-corrected chi connectivity index (χ2v) is 4.79. The molecule has 2 aromatic rings. The first-order valence-electron chi connectivity index (χ1n) is 5.56. The fraction of sp³-hybridized carbons (Fsp3) is 0.143. The lowest BCUT2D eigenvalue weighted by molar-refractivity contribution is 0.613. The lowest BCUT2D eigenvalue weighted by Crippen LogP contribution is -2.05. The van der Waals surface area contributed by atoms with E-state index in [0.29, 0.717) is 39.7 Å². The Labute approximate surface area is 115 Å². The van der Waals surface area contributed by atoms with Crippen molar-refractivity contribution in [2.45, 2.75) is 6.42 Å². The summed E-state index contributed by atoms with van der Waals surface area (Å²) in [6.45, 7) is 0.411. The van der Waals surface area contributed by atoms with E-state index in [1.54, 1.807) is 36.4 Å². The lowest BCUT2D eigenvalue weighted by Gasteiger charge is -2.09. The van der Waals surface area contributed by atoms with Crippen LogP contribution in [0.5, 0.6) is 0 Å². The summed E-state index contributed by atoms with van der Waals surface area (Å²) in [6.07, 6.45) is 0.505. The van der Waals surface area contributed by atoms with Crippen molar-refractivity contribution in [1.29, 1.82) is 0 Å². The van der Waals surface area contributed by atoms with E-state index >= 15 is 0 Å². The summed E-state index contributed by atoms with van der Waals surface area (Å²) in [5.74, 6) is -0.271. The van der Waals surface area contributed by atoms with E-state index in [1.807, 2.05) is 0 Å². The van der Waals surface area contributed by atoms with Gasteiger partial charge in [0, 0.05) is 21.2 Å². The smallest absolute Gasteiger partial charge is 0.134 e. The van der Waals surface area contributed by atoms with Crippen molar-refractivity contribution in [3.8, 4) is 11.1 Å². The summed E-state index contributed by atoms with van der Waals surface area (Å²) in [5.41, 5.74) is 7.17. The normalized spacial score (nSPS) is 10.7. The predicted molar refractivity (Wildman–Crippen MR) is 74.6 cm³/mol. The number of nitrogens with two attached hydrogens (primary N) is 1. The molecule has 1 nitrogen and oxygen atoms in total. The molecule has 0 aliphatic rings. The van der Waals surface area contributed by atoms with E-state index in [-0.39, 0.29) is 5.82 Å². The van der Waals surface area contributed by atoms with E-state index in [9.17, 15) is 4.39 Å². The SMILES string of the molecule is NCCc1cccc(-c2ccc(Cl)cc2Cl)c1F. The van der Waals surface area contributed by atoms with E-state index in [4.69, 9.17) is 28.9 Å². The molecule has 2 N–H and O–H groups in total. The van der Waals surface area contributed by atoms with Gasteiger partial charge >= 0.3 is 0 Å². The van der Waals surface area contributed by atoms with Gasteiger partial charge in [0.15, 0.2) is 0 Å². The third-order valence-electron chi connectivity index (χ3n) is 2.71. The van der Waals surface area contributed by atoms with Crippen molar-refractivity contribution in [2.75, 3.05) is 6.54 Å². The molecule has 0 spiro atoms. The molecule has 0 aliphatic carbocycles. The average molecular weight is 284 g/mol. The van der Waals surface area contributed by atoms with Crippen LogP contribution in [0.15, 0.2) is 36.4 Å². The highest BCUT2D eigenvalue weighted by molar-refractivity contribution is 6.36. The van der Waals surface area contributed by atoms with Gasteiger partial charge in [-0.2, -0.15) is 0 Å². The van der Waals surface area contributed by atoms with E-state index < -0.39 is 0 Å². The number of benzene rings is 2. The topological polar surface area (TPSA) is 26.0 Å². The molecule has 4 heteroatoms. The quantitative estimate of drug-likeness (QED) is 0.893. The minimum absolute atomic E-state index is 0.271. The molecular formula is C14H12Cl2FN. The van der Waals surface area contributed by atoms with Crippen LogP contribution in [0.3, 0.4) is 0 Å². The van der Waals surface area contributed by atoms with Gasteiger partial charge in [-0.1, -0.05) is 47.5 Å². The highest BCUT2D eigenvalue weighted by Gasteiger charge is 2.12. The van der Waals surface area contributed by atoms with Crippen molar-refractivity contribution in [1.82, 2.24) is 0 Å². The average Bonchev–Trinajstić information content (AvgIpc) is 2.33. The van der Waals surface area contributed by atoms with Crippen LogP contribution in [0, 0.1) is 5.82 Å². The molecule has 0 saturated heterocycles. The van der Waals surface area contributed by atoms with Crippen LogP contribution in [-0.2, 0) is 6.42 Å². The summed E-state index contributed by atoms with van der Waals surface area (Å²) in [7, 11) is 0. The van der Waals surface area contributed by atoms with Crippen LogP contribution >= 0.6 is 23.2 Å². The zero-order valence-corrected chi connectivity index (χ0v) is 11.1. The van der Waals surface area contributed by atoms with E-state index in [1.165, 1.54) is 0 Å². The molecule has 18 heavy (non-hydrogen) atoms. The maximum atomic E-state index is 14.3. The maximum absolute atomic E-state index is 14.3. The van der Waals surface area contributed by atoms with Gasteiger partial charge in [-0.15, -0.1) is 0 Å². The van der Waals surface area contributed by atoms with E-state index in [2.05, 4.69) is 0 Å². The van der Waals surface area contributed by atoms with Crippen molar-refractivity contribution in [3.63, 3.8) is 0 Å². The predicted octanol–water partition coefficient (Wildman–Crippen LogP) is 4.30. The van der Waals surface area contributed by atoms with Crippen LogP contribution in [0.1, 0.15) is 5.56 Å². The first-order chi connectivity index (χ1) is 8.63. The van der Waals surface area contributed by atoms with Gasteiger partial charge in [-0.05, 0) is 30.7 Å².